The fraction of sp³-hybridized carbons (Fsp3) is 0.200. The molecule has 3 aromatic rings. The van der Waals surface area contributed by atoms with Crippen molar-refractivity contribution >= 4 is 11.6 Å². The Morgan fingerprint density at radius 2 is 2.07 bits per heavy atom. The third kappa shape index (κ3) is 4.15. The quantitative estimate of drug-likeness (QED) is 0.700. The fourth-order valence-corrected chi connectivity index (χ4v) is 2.68. The highest BCUT2D eigenvalue weighted by molar-refractivity contribution is 6.04. The minimum absolute atomic E-state index is 0.253. The number of anilines is 1. The number of aromatic nitrogens is 2. The molecule has 0 saturated heterocycles. The first-order chi connectivity index (χ1) is 13.0. The number of amides is 1. The van der Waals surface area contributed by atoms with Gasteiger partial charge in [0.1, 0.15) is 18.2 Å². The summed E-state index contributed by atoms with van der Waals surface area (Å²) in [4.78, 5) is 12.5. The topological polar surface area (TPSA) is 82.2 Å². The minimum Gasteiger partial charge on any atom is -0.492 e. The monoisotopic (exact) mass is 368 g/mol. The predicted octanol–water partition coefficient (Wildman–Crippen LogP) is 3.12. The maximum atomic E-state index is 13.7. The smallest absolute Gasteiger partial charge is 0.255 e. The molecule has 3 N–H and O–H groups in total. The number of carbonyl (C=O) groups is 1. The second-order valence-corrected chi connectivity index (χ2v) is 6.11. The number of hydrogen-bond acceptors (Lipinski definition) is 4. The number of halogens is 1. The minimum atomic E-state index is -0.413. The zero-order valence-electron chi connectivity index (χ0n) is 15.2. The van der Waals surface area contributed by atoms with Gasteiger partial charge >= 0.3 is 0 Å². The van der Waals surface area contributed by atoms with Crippen LogP contribution in [-0.4, -0.2) is 28.8 Å². The van der Waals surface area contributed by atoms with Gasteiger partial charge < -0.3 is 15.8 Å². The second kappa shape index (κ2) is 8.01. The van der Waals surface area contributed by atoms with Crippen molar-refractivity contribution < 1.29 is 13.9 Å². The summed E-state index contributed by atoms with van der Waals surface area (Å²) in [6.45, 7) is 2.42. The fourth-order valence-electron chi connectivity index (χ4n) is 2.68. The summed E-state index contributed by atoms with van der Waals surface area (Å²) >= 11 is 0. The molecule has 0 unspecified atom stereocenters. The maximum Gasteiger partial charge on any atom is 0.255 e. The van der Waals surface area contributed by atoms with Gasteiger partial charge in [-0.05, 0) is 48.9 Å². The van der Waals surface area contributed by atoms with Crippen LogP contribution in [0.2, 0.25) is 0 Å². The molecule has 0 saturated carbocycles. The number of benzene rings is 2. The molecule has 0 aliphatic carbocycles. The lowest BCUT2D eigenvalue weighted by molar-refractivity contribution is 0.102. The zero-order valence-corrected chi connectivity index (χ0v) is 15.2. The van der Waals surface area contributed by atoms with Crippen molar-refractivity contribution in [3.63, 3.8) is 0 Å². The first kappa shape index (κ1) is 18.6. The Balaban J connectivity index is 1.90. The summed E-state index contributed by atoms with van der Waals surface area (Å²) in [5.41, 5.74) is 8.45. The lowest BCUT2D eigenvalue weighted by Crippen LogP contribution is -2.13. The van der Waals surface area contributed by atoms with E-state index in [9.17, 15) is 9.18 Å². The normalized spacial score (nSPS) is 10.7. The van der Waals surface area contributed by atoms with Gasteiger partial charge in [0.15, 0.2) is 0 Å². The number of ether oxygens (including phenoxy) is 1. The van der Waals surface area contributed by atoms with E-state index in [4.69, 9.17) is 10.5 Å². The van der Waals surface area contributed by atoms with Crippen LogP contribution in [0.3, 0.4) is 0 Å². The van der Waals surface area contributed by atoms with E-state index in [-0.39, 0.29) is 11.5 Å². The lowest BCUT2D eigenvalue weighted by atomic mass is 10.1. The van der Waals surface area contributed by atoms with Crippen molar-refractivity contribution in [2.45, 2.75) is 6.92 Å². The van der Waals surface area contributed by atoms with Gasteiger partial charge in [0.2, 0.25) is 0 Å². The van der Waals surface area contributed by atoms with Gasteiger partial charge in [-0.15, -0.1) is 0 Å². The molecular weight excluding hydrogens is 347 g/mol. The predicted molar refractivity (Wildman–Crippen MR) is 102 cm³/mol. The summed E-state index contributed by atoms with van der Waals surface area (Å²) in [7, 11) is 1.82. The van der Waals surface area contributed by atoms with Gasteiger partial charge in [0.05, 0.1) is 5.69 Å². The van der Waals surface area contributed by atoms with Gasteiger partial charge in [-0.1, -0.05) is 6.07 Å². The van der Waals surface area contributed by atoms with Crippen LogP contribution in [0.5, 0.6) is 5.75 Å². The van der Waals surface area contributed by atoms with E-state index in [0.717, 1.165) is 11.3 Å². The molecule has 2 aromatic carbocycles. The van der Waals surface area contributed by atoms with Crippen LogP contribution in [0.15, 0.2) is 48.7 Å². The molecule has 1 aromatic heterocycles. The largest absolute Gasteiger partial charge is 0.492 e. The number of carbonyl (C=O) groups excluding carboxylic acids is 1. The number of aryl methyl sites for hydroxylation is 2. The average molecular weight is 368 g/mol. The second-order valence-electron chi connectivity index (χ2n) is 6.11. The summed E-state index contributed by atoms with van der Waals surface area (Å²) in [5, 5.41) is 6.97. The molecule has 1 amide bonds. The SMILES string of the molecule is Cc1ccc(C(=O)Nc2ccc(OCCN)c(-c3ccnn3C)c2)cc1F. The Morgan fingerprint density at radius 1 is 1.26 bits per heavy atom. The van der Waals surface area contributed by atoms with E-state index in [2.05, 4.69) is 10.4 Å². The van der Waals surface area contributed by atoms with Gasteiger partial charge in [-0.25, -0.2) is 4.39 Å². The summed E-state index contributed by atoms with van der Waals surface area (Å²) in [6, 6.07) is 11.5. The van der Waals surface area contributed by atoms with Crippen LogP contribution >= 0.6 is 0 Å². The molecule has 0 spiro atoms. The van der Waals surface area contributed by atoms with Crippen molar-refractivity contribution in [2.24, 2.45) is 12.8 Å². The molecule has 0 fully saturated rings. The van der Waals surface area contributed by atoms with E-state index < -0.39 is 5.82 Å². The molecule has 6 nitrogen and oxygen atoms in total. The molecule has 0 atom stereocenters. The molecule has 0 aliphatic heterocycles. The molecule has 1 heterocycles. The number of nitrogens with two attached hydrogens (primary N) is 1. The van der Waals surface area contributed by atoms with Crippen molar-refractivity contribution in [1.82, 2.24) is 9.78 Å². The molecule has 0 aliphatic rings. The third-order valence-corrected chi connectivity index (χ3v) is 4.14. The van der Waals surface area contributed by atoms with Crippen molar-refractivity contribution in [2.75, 3.05) is 18.5 Å². The Hall–Kier alpha value is -3.19. The summed E-state index contributed by atoms with van der Waals surface area (Å²) < 4.78 is 21.2. The molecular formula is C20H21FN4O2. The van der Waals surface area contributed by atoms with Crippen LogP contribution in [0.25, 0.3) is 11.3 Å². The van der Waals surface area contributed by atoms with Crippen LogP contribution in [0.1, 0.15) is 15.9 Å². The Morgan fingerprint density at radius 3 is 2.74 bits per heavy atom. The van der Waals surface area contributed by atoms with Crippen molar-refractivity contribution in [3.8, 4) is 17.0 Å². The Bertz CT molecular complexity index is 968. The zero-order chi connectivity index (χ0) is 19.4. The first-order valence-corrected chi connectivity index (χ1v) is 8.52. The van der Waals surface area contributed by atoms with Crippen LogP contribution < -0.4 is 15.8 Å². The maximum absolute atomic E-state index is 13.7. The number of rotatable bonds is 6. The molecule has 7 heteroatoms. The number of nitrogens with zero attached hydrogens (tertiary/aromatic N) is 2. The molecule has 0 radical (unpaired) electrons. The highest BCUT2D eigenvalue weighted by Gasteiger charge is 2.14. The van der Waals surface area contributed by atoms with Gasteiger partial charge in [0.25, 0.3) is 5.91 Å². The van der Waals surface area contributed by atoms with Crippen LogP contribution in [0, 0.1) is 12.7 Å². The number of hydrogen-bond donors (Lipinski definition) is 2. The molecule has 27 heavy (non-hydrogen) atoms. The molecule has 3 rings (SSSR count). The van der Waals surface area contributed by atoms with E-state index in [1.807, 2.05) is 13.1 Å². The summed E-state index contributed by atoms with van der Waals surface area (Å²) in [5.74, 6) is -0.160. The van der Waals surface area contributed by atoms with Crippen LogP contribution in [0.4, 0.5) is 10.1 Å². The lowest BCUT2D eigenvalue weighted by Gasteiger charge is -2.14. The molecule has 140 valence electrons. The van der Waals surface area contributed by atoms with E-state index in [1.165, 1.54) is 6.07 Å². The standard InChI is InChI=1S/C20H21FN4O2/c1-13-3-4-14(11-17(13)21)20(26)24-15-5-6-19(27-10-8-22)16(12-15)18-7-9-23-25(18)2/h3-7,9,11-12H,8,10,22H2,1-2H3,(H,24,26). The number of nitrogens with one attached hydrogen (secondary N) is 1. The van der Waals surface area contributed by atoms with Crippen molar-refractivity contribution in [3.05, 3.63) is 65.6 Å². The van der Waals surface area contributed by atoms with Gasteiger partial charge in [-0.2, -0.15) is 5.10 Å². The third-order valence-electron chi connectivity index (χ3n) is 4.14. The highest BCUT2D eigenvalue weighted by Crippen LogP contribution is 2.32. The summed E-state index contributed by atoms with van der Waals surface area (Å²) in [6.07, 6.45) is 1.68. The Kier molecular flexibility index (Phi) is 5.52. The van der Waals surface area contributed by atoms with Gasteiger partial charge in [0, 0.05) is 36.6 Å². The van der Waals surface area contributed by atoms with E-state index in [1.54, 1.807) is 48.1 Å². The molecule has 0 bridgehead atoms. The van der Waals surface area contributed by atoms with E-state index >= 15 is 0 Å². The Labute approximate surface area is 156 Å². The van der Waals surface area contributed by atoms with Gasteiger partial charge in [-0.3, -0.25) is 9.48 Å². The average Bonchev–Trinajstić information content (AvgIpc) is 3.08. The highest BCUT2D eigenvalue weighted by atomic mass is 19.1. The van der Waals surface area contributed by atoms with Crippen LogP contribution in [-0.2, 0) is 7.05 Å². The van der Waals surface area contributed by atoms with E-state index in [0.29, 0.717) is 30.2 Å². The first-order valence-electron chi connectivity index (χ1n) is 8.52. The van der Waals surface area contributed by atoms with Crippen molar-refractivity contribution in [1.29, 1.82) is 0 Å².